The molecule has 0 spiro atoms. The zero-order valence-corrected chi connectivity index (χ0v) is 14.3. The van der Waals surface area contributed by atoms with Crippen LogP contribution in [-0.2, 0) is 0 Å². The number of oxazole rings is 1. The van der Waals surface area contributed by atoms with E-state index < -0.39 is 4.92 Å². The number of benzene rings is 1. The fourth-order valence-corrected chi connectivity index (χ4v) is 3.35. The van der Waals surface area contributed by atoms with Gasteiger partial charge in [-0.2, -0.15) is 0 Å². The first-order valence-electron chi connectivity index (χ1n) is 8.50. The van der Waals surface area contributed by atoms with Crippen LogP contribution in [0.4, 0.5) is 11.4 Å². The van der Waals surface area contributed by atoms with E-state index in [0.717, 1.165) is 25.7 Å². The third-order valence-electron chi connectivity index (χ3n) is 4.55. The Hall–Kier alpha value is -2.70. The summed E-state index contributed by atoms with van der Waals surface area (Å²) in [6.45, 7) is 3.87. The van der Waals surface area contributed by atoms with Crippen molar-refractivity contribution in [3.8, 4) is 0 Å². The van der Waals surface area contributed by atoms with Crippen LogP contribution in [0.5, 0.6) is 0 Å². The van der Waals surface area contributed by atoms with Crippen molar-refractivity contribution in [3.05, 3.63) is 52.2 Å². The Morgan fingerprint density at radius 1 is 1.36 bits per heavy atom. The summed E-state index contributed by atoms with van der Waals surface area (Å²) in [6, 6.07) is 6.24. The summed E-state index contributed by atoms with van der Waals surface area (Å²) in [4.78, 5) is 29.7. The number of amides is 1. The molecule has 1 heterocycles. The van der Waals surface area contributed by atoms with Crippen LogP contribution in [0.3, 0.4) is 0 Å². The Labute approximate surface area is 145 Å². The predicted octanol–water partition coefficient (Wildman–Crippen LogP) is 4.30. The largest absolute Gasteiger partial charge is 0.447 e. The van der Waals surface area contributed by atoms with E-state index in [1.165, 1.54) is 18.5 Å². The topological polar surface area (TPSA) is 89.5 Å². The van der Waals surface area contributed by atoms with E-state index in [4.69, 9.17) is 4.42 Å². The smallest absolute Gasteiger partial charge is 0.280 e. The number of nitrogens with zero attached hydrogens (tertiary/aromatic N) is 3. The van der Waals surface area contributed by atoms with Crippen LogP contribution in [0.2, 0.25) is 0 Å². The number of non-ortho nitro benzene ring substituents is 1. The fourth-order valence-electron chi connectivity index (χ4n) is 3.35. The van der Waals surface area contributed by atoms with Gasteiger partial charge in [-0.3, -0.25) is 14.9 Å². The van der Waals surface area contributed by atoms with Crippen LogP contribution in [0.15, 0.2) is 35.1 Å². The first-order valence-corrected chi connectivity index (χ1v) is 8.50. The first kappa shape index (κ1) is 17.1. The number of nitro benzene ring substituents is 1. The minimum Gasteiger partial charge on any atom is -0.447 e. The lowest BCUT2D eigenvalue weighted by atomic mass is 10.1. The highest BCUT2D eigenvalue weighted by atomic mass is 16.6. The molecule has 7 heteroatoms. The van der Waals surface area contributed by atoms with E-state index in [1.54, 1.807) is 17.0 Å². The van der Waals surface area contributed by atoms with Crippen LogP contribution >= 0.6 is 0 Å². The summed E-state index contributed by atoms with van der Waals surface area (Å²) >= 11 is 0. The summed E-state index contributed by atoms with van der Waals surface area (Å²) in [5, 5.41) is 11.1. The van der Waals surface area contributed by atoms with Crippen molar-refractivity contribution in [2.75, 3.05) is 4.90 Å². The second kappa shape index (κ2) is 7.04. The molecule has 132 valence electrons. The van der Waals surface area contributed by atoms with Gasteiger partial charge in [-0.25, -0.2) is 4.98 Å². The maximum absolute atomic E-state index is 13.2. The molecule has 0 bridgehead atoms. The molecule has 0 aliphatic heterocycles. The van der Waals surface area contributed by atoms with Crippen molar-refractivity contribution in [3.63, 3.8) is 0 Å². The lowest BCUT2D eigenvalue weighted by Gasteiger charge is -2.28. The molecule has 0 atom stereocenters. The Morgan fingerprint density at radius 2 is 2.08 bits per heavy atom. The van der Waals surface area contributed by atoms with Gasteiger partial charge in [-0.1, -0.05) is 32.8 Å². The van der Waals surface area contributed by atoms with E-state index in [9.17, 15) is 14.9 Å². The quantitative estimate of drug-likeness (QED) is 0.596. The molecule has 1 amide bonds. The first-order chi connectivity index (χ1) is 12.0. The molecule has 3 rings (SSSR count). The van der Waals surface area contributed by atoms with E-state index in [2.05, 4.69) is 4.98 Å². The Balaban J connectivity index is 2.03. The van der Waals surface area contributed by atoms with Gasteiger partial charge in [0.15, 0.2) is 12.1 Å². The van der Waals surface area contributed by atoms with Crippen LogP contribution in [0, 0.1) is 10.1 Å². The van der Waals surface area contributed by atoms with Gasteiger partial charge in [0.25, 0.3) is 11.6 Å². The molecule has 1 fully saturated rings. The summed E-state index contributed by atoms with van der Waals surface area (Å²) in [6.07, 6.45) is 5.12. The second-order valence-electron chi connectivity index (χ2n) is 6.61. The summed E-state index contributed by atoms with van der Waals surface area (Å²) < 4.78 is 5.39. The predicted molar refractivity (Wildman–Crippen MR) is 92.8 cm³/mol. The molecule has 0 radical (unpaired) electrons. The standard InChI is InChI=1S/C18H21N3O4/c1-12(2)17-16(19-11-25-17)18(22)20(13-6-3-4-7-13)14-8-5-9-15(10-14)21(23)24/h5,8-13H,3-4,6-7H2,1-2H3. The number of hydrogen-bond acceptors (Lipinski definition) is 5. The number of aromatic nitrogens is 1. The van der Waals surface area contributed by atoms with Gasteiger partial charge in [0, 0.05) is 24.1 Å². The van der Waals surface area contributed by atoms with Crippen LogP contribution in [0.25, 0.3) is 0 Å². The van der Waals surface area contributed by atoms with E-state index in [-0.39, 0.29) is 29.2 Å². The van der Waals surface area contributed by atoms with Gasteiger partial charge in [-0.05, 0) is 18.9 Å². The summed E-state index contributed by atoms with van der Waals surface area (Å²) in [5.41, 5.74) is 0.787. The molecular weight excluding hydrogens is 322 g/mol. The maximum atomic E-state index is 13.2. The Bertz CT molecular complexity index is 778. The summed E-state index contributed by atoms with van der Waals surface area (Å²) in [5.74, 6) is 0.306. The molecular formula is C18H21N3O4. The molecule has 1 aromatic heterocycles. The van der Waals surface area contributed by atoms with Crippen molar-refractivity contribution in [2.24, 2.45) is 0 Å². The van der Waals surface area contributed by atoms with Crippen molar-refractivity contribution >= 4 is 17.3 Å². The number of hydrogen-bond donors (Lipinski definition) is 0. The van der Waals surface area contributed by atoms with Crippen LogP contribution in [-0.4, -0.2) is 21.9 Å². The molecule has 2 aromatic rings. The van der Waals surface area contributed by atoms with Gasteiger partial charge in [0.05, 0.1) is 10.6 Å². The lowest BCUT2D eigenvalue weighted by Crippen LogP contribution is -2.39. The summed E-state index contributed by atoms with van der Waals surface area (Å²) in [7, 11) is 0. The molecule has 0 saturated heterocycles. The Morgan fingerprint density at radius 3 is 2.72 bits per heavy atom. The van der Waals surface area contributed by atoms with E-state index in [1.807, 2.05) is 13.8 Å². The molecule has 0 N–H and O–H groups in total. The number of rotatable bonds is 5. The van der Waals surface area contributed by atoms with Crippen molar-refractivity contribution in [1.82, 2.24) is 4.98 Å². The van der Waals surface area contributed by atoms with Crippen LogP contribution in [0.1, 0.15) is 61.7 Å². The molecule has 25 heavy (non-hydrogen) atoms. The van der Waals surface area contributed by atoms with Crippen LogP contribution < -0.4 is 4.90 Å². The maximum Gasteiger partial charge on any atom is 0.280 e. The third kappa shape index (κ3) is 3.40. The molecule has 1 aliphatic carbocycles. The fraction of sp³-hybridized carbons (Fsp3) is 0.444. The van der Waals surface area contributed by atoms with Crippen molar-refractivity contribution < 1.29 is 14.1 Å². The highest BCUT2D eigenvalue weighted by Crippen LogP contribution is 2.32. The van der Waals surface area contributed by atoms with Crippen molar-refractivity contribution in [1.29, 1.82) is 0 Å². The van der Waals surface area contributed by atoms with Gasteiger partial charge in [0.2, 0.25) is 0 Å². The average Bonchev–Trinajstić information content (AvgIpc) is 3.27. The highest BCUT2D eigenvalue weighted by Gasteiger charge is 2.33. The van der Waals surface area contributed by atoms with Gasteiger partial charge in [0.1, 0.15) is 5.76 Å². The molecule has 0 unspecified atom stereocenters. The normalized spacial score (nSPS) is 14.8. The van der Waals surface area contributed by atoms with Crippen molar-refractivity contribution in [2.45, 2.75) is 51.5 Å². The average molecular weight is 343 g/mol. The zero-order chi connectivity index (χ0) is 18.0. The minimum atomic E-state index is -0.448. The molecule has 7 nitrogen and oxygen atoms in total. The zero-order valence-electron chi connectivity index (χ0n) is 14.3. The lowest BCUT2D eigenvalue weighted by molar-refractivity contribution is -0.384. The monoisotopic (exact) mass is 343 g/mol. The van der Waals surface area contributed by atoms with Gasteiger partial charge >= 0.3 is 0 Å². The second-order valence-corrected chi connectivity index (χ2v) is 6.61. The van der Waals surface area contributed by atoms with Gasteiger partial charge < -0.3 is 9.32 Å². The highest BCUT2D eigenvalue weighted by molar-refractivity contribution is 6.06. The molecule has 1 saturated carbocycles. The van der Waals surface area contributed by atoms with Gasteiger partial charge in [-0.15, -0.1) is 0 Å². The third-order valence-corrected chi connectivity index (χ3v) is 4.55. The number of carbonyl (C=O) groups is 1. The number of carbonyl (C=O) groups excluding carboxylic acids is 1. The SMILES string of the molecule is CC(C)c1ocnc1C(=O)N(c1cccc([N+](=O)[O-])c1)C1CCCC1. The minimum absolute atomic E-state index is 0.0196. The number of nitro groups is 1. The Kier molecular flexibility index (Phi) is 4.83. The molecule has 1 aliphatic rings. The number of anilines is 1. The molecule has 1 aromatic carbocycles. The van der Waals surface area contributed by atoms with E-state index in [0.29, 0.717) is 11.4 Å². The van der Waals surface area contributed by atoms with E-state index >= 15 is 0 Å².